The molecule has 5 rings (SSSR count). The number of aromatic amines is 1. The molecule has 1 atom stereocenters. The van der Waals surface area contributed by atoms with Gasteiger partial charge in [-0.2, -0.15) is 5.10 Å². The van der Waals surface area contributed by atoms with Crippen molar-refractivity contribution in [2.45, 2.75) is 38.1 Å². The summed E-state index contributed by atoms with van der Waals surface area (Å²) in [6, 6.07) is 3.23. The van der Waals surface area contributed by atoms with Crippen LogP contribution in [0.2, 0.25) is 5.02 Å². The Morgan fingerprint density at radius 2 is 2.31 bits per heavy atom. The second kappa shape index (κ2) is 7.02. The summed E-state index contributed by atoms with van der Waals surface area (Å²) < 4.78 is 41.0. The maximum absolute atomic E-state index is 12.4. The predicted octanol–water partition coefficient (Wildman–Crippen LogP) is 3.12. The number of esters is 1. The molecule has 2 fully saturated rings. The number of piperidine rings is 1. The van der Waals surface area contributed by atoms with Crippen molar-refractivity contribution in [3.8, 4) is 0 Å². The SMILES string of the molecule is [2H]C1([2H])CCC(C(=O)OCC)C([2H])([2H])N1c1ccc2[nH]c(C3(n4cc(Cl)cn4)CC3)nc2n1. The van der Waals surface area contributed by atoms with Crippen LogP contribution in [0.5, 0.6) is 0 Å². The molecule has 1 N–H and O–H groups in total. The molecule has 0 amide bonds. The van der Waals surface area contributed by atoms with Gasteiger partial charge in [0.15, 0.2) is 5.65 Å². The van der Waals surface area contributed by atoms with Crippen molar-refractivity contribution in [3.05, 3.63) is 35.4 Å². The maximum atomic E-state index is 12.4. The molecule has 152 valence electrons. The van der Waals surface area contributed by atoms with Gasteiger partial charge in [-0.15, -0.1) is 0 Å². The Morgan fingerprint density at radius 1 is 1.45 bits per heavy atom. The first-order chi connectivity index (χ1) is 15.6. The number of anilines is 1. The third-order valence-corrected chi connectivity index (χ3v) is 5.47. The lowest BCUT2D eigenvalue weighted by Crippen LogP contribution is -2.39. The molecule has 9 heteroatoms. The van der Waals surface area contributed by atoms with Crippen LogP contribution in [0, 0.1) is 5.92 Å². The average Bonchev–Trinajstić information content (AvgIpc) is 3.23. The summed E-state index contributed by atoms with van der Waals surface area (Å²) in [5.74, 6) is -1.08. The summed E-state index contributed by atoms with van der Waals surface area (Å²) >= 11 is 6.04. The maximum Gasteiger partial charge on any atom is 0.310 e. The fraction of sp³-hybridized carbons (Fsp3) is 0.500. The molecule has 3 aromatic rings. The smallest absolute Gasteiger partial charge is 0.310 e. The van der Waals surface area contributed by atoms with E-state index < -0.39 is 30.4 Å². The number of rotatable bonds is 5. The van der Waals surface area contributed by atoms with Gasteiger partial charge in [0.25, 0.3) is 0 Å². The van der Waals surface area contributed by atoms with E-state index in [4.69, 9.17) is 21.8 Å². The Labute approximate surface area is 178 Å². The normalized spacial score (nSPS) is 26.3. The second-order valence-electron chi connectivity index (χ2n) is 7.23. The summed E-state index contributed by atoms with van der Waals surface area (Å²) in [5.41, 5.74) is 0.535. The number of hydrogen-bond acceptors (Lipinski definition) is 6. The van der Waals surface area contributed by atoms with Gasteiger partial charge in [0.2, 0.25) is 0 Å². The molecular weight excluding hydrogens is 392 g/mol. The Bertz CT molecular complexity index is 1220. The number of fused-ring (bicyclic) bond motifs is 1. The summed E-state index contributed by atoms with van der Waals surface area (Å²) in [4.78, 5) is 25.7. The molecule has 2 aliphatic rings. The van der Waals surface area contributed by atoms with E-state index in [2.05, 4.69) is 20.1 Å². The van der Waals surface area contributed by atoms with E-state index >= 15 is 0 Å². The van der Waals surface area contributed by atoms with Crippen LogP contribution in [0.1, 0.15) is 43.9 Å². The average molecular weight is 419 g/mol. The number of carbonyl (C=O) groups excluding carboxylic acids is 1. The van der Waals surface area contributed by atoms with Crippen LogP contribution in [0.15, 0.2) is 24.5 Å². The molecule has 3 aromatic heterocycles. The Balaban J connectivity index is 1.53. The molecule has 0 spiro atoms. The van der Waals surface area contributed by atoms with Gasteiger partial charge >= 0.3 is 5.97 Å². The fourth-order valence-corrected chi connectivity index (χ4v) is 3.74. The zero-order chi connectivity index (χ0) is 23.6. The highest BCUT2D eigenvalue weighted by Gasteiger charge is 2.50. The standard InChI is InChI=1S/C20H23ClN6O2/c1-2-29-18(28)13-4-3-9-26(11-13)16-6-5-15-17(24-16)25-19(23-15)20(7-8-20)27-12-14(21)10-22-27/h5-6,10,12-13H,2-4,7-9,11H2,1H3,(H,23,24,25)/i9D2,11D2. The minimum absolute atomic E-state index is 0.0370. The summed E-state index contributed by atoms with van der Waals surface area (Å²) in [5, 5.41) is 4.85. The number of halogens is 1. The van der Waals surface area contributed by atoms with Crippen molar-refractivity contribution in [2.24, 2.45) is 5.92 Å². The molecule has 1 saturated heterocycles. The molecule has 0 radical (unpaired) electrons. The summed E-state index contributed by atoms with van der Waals surface area (Å²) in [6.07, 6.45) is 4.98. The lowest BCUT2D eigenvalue weighted by molar-refractivity contribution is -0.148. The van der Waals surface area contributed by atoms with E-state index in [0.29, 0.717) is 22.0 Å². The zero-order valence-electron chi connectivity index (χ0n) is 19.9. The van der Waals surface area contributed by atoms with Crippen molar-refractivity contribution >= 4 is 34.6 Å². The van der Waals surface area contributed by atoms with Crippen LogP contribution in [-0.4, -0.2) is 50.3 Å². The van der Waals surface area contributed by atoms with Gasteiger partial charge in [0, 0.05) is 21.9 Å². The van der Waals surface area contributed by atoms with E-state index in [0.717, 1.165) is 17.7 Å². The van der Waals surface area contributed by atoms with Crippen LogP contribution in [0.3, 0.4) is 0 Å². The van der Waals surface area contributed by atoms with E-state index in [1.54, 1.807) is 30.1 Å². The largest absolute Gasteiger partial charge is 0.466 e. The zero-order valence-corrected chi connectivity index (χ0v) is 16.6. The number of carbonyl (C=O) groups is 1. The third kappa shape index (κ3) is 3.25. The summed E-state index contributed by atoms with van der Waals surface area (Å²) in [7, 11) is 0. The highest BCUT2D eigenvalue weighted by atomic mass is 35.5. The first kappa shape index (κ1) is 14.4. The Hall–Kier alpha value is -2.61. The number of H-pyrrole nitrogens is 1. The highest BCUT2D eigenvalue weighted by molar-refractivity contribution is 6.30. The summed E-state index contributed by atoms with van der Waals surface area (Å²) in [6.45, 7) is -2.60. The fourth-order valence-electron chi connectivity index (χ4n) is 3.60. The third-order valence-electron chi connectivity index (χ3n) is 5.27. The molecule has 1 saturated carbocycles. The van der Waals surface area contributed by atoms with Gasteiger partial charge < -0.3 is 14.6 Å². The number of nitrogens with zero attached hydrogens (tertiary/aromatic N) is 5. The topological polar surface area (TPSA) is 88.9 Å². The highest BCUT2D eigenvalue weighted by Crippen LogP contribution is 2.48. The van der Waals surface area contributed by atoms with Gasteiger partial charge in [-0.3, -0.25) is 9.48 Å². The lowest BCUT2D eigenvalue weighted by Gasteiger charge is -2.32. The Morgan fingerprint density at radius 3 is 3.03 bits per heavy atom. The van der Waals surface area contributed by atoms with Crippen molar-refractivity contribution in [3.63, 3.8) is 0 Å². The minimum atomic E-state index is -2.34. The van der Waals surface area contributed by atoms with Gasteiger partial charge in [-0.05, 0) is 44.7 Å². The van der Waals surface area contributed by atoms with Crippen molar-refractivity contribution in [1.82, 2.24) is 24.7 Å². The number of imidazole rings is 1. The van der Waals surface area contributed by atoms with Crippen LogP contribution >= 0.6 is 11.6 Å². The number of nitrogens with one attached hydrogen (secondary N) is 1. The van der Waals surface area contributed by atoms with E-state index in [1.807, 2.05) is 0 Å². The molecule has 1 aliphatic carbocycles. The van der Waals surface area contributed by atoms with E-state index in [9.17, 15) is 4.79 Å². The van der Waals surface area contributed by atoms with E-state index in [-0.39, 0.29) is 25.3 Å². The van der Waals surface area contributed by atoms with Crippen LogP contribution < -0.4 is 4.90 Å². The van der Waals surface area contributed by atoms with Crippen molar-refractivity contribution in [2.75, 3.05) is 24.5 Å². The first-order valence-electron chi connectivity index (χ1n) is 11.6. The molecule has 29 heavy (non-hydrogen) atoms. The number of pyridine rings is 1. The van der Waals surface area contributed by atoms with Gasteiger partial charge in [0.1, 0.15) is 17.2 Å². The van der Waals surface area contributed by atoms with Gasteiger partial charge in [-0.1, -0.05) is 11.6 Å². The van der Waals surface area contributed by atoms with Crippen LogP contribution in [-0.2, 0) is 15.1 Å². The number of aromatic nitrogens is 5. The molecule has 4 heterocycles. The number of hydrogen-bond donors (Lipinski definition) is 1. The molecule has 0 bridgehead atoms. The molecule has 1 unspecified atom stereocenters. The predicted molar refractivity (Wildman–Crippen MR) is 109 cm³/mol. The van der Waals surface area contributed by atoms with Gasteiger partial charge in [-0.25, -0.2) is 9.97 Å². The van der Waals surface area contributed by atoms with Gasteiger partial charge in [0.05, 0.1) is 32.0 Å². The molecule has 0 aromatic carbocycles. The Kier molecular flexibility index (Phi) is 3.48. The number of ether oxygens (including phenoxy) is 1. The van der Waals surface area contributed by atoms with Crippen molar-refractivity contribution < 1.29 is 15.0 Å². The van der Waals surface area contributed by atoms with Crippen molar-refractivity contribution in [1.29, 1.82) is 0 Å². The second-order valence-corrected chi connectivity index (χ2v) is 7.66. The molecule has 8 nitrogen and oxygen atoms in total. The van der Waals surface area contributed by atoms with Crippen LogP contribution in [0.25, 0.3) is 11.2 Å². The lowest BCUT2D eigenvalue weighted by atomic mass is 9.98. The van der Waals surface area contributed by atoms with Crippen LogP contribution in [0.4, 0.5) is 5.82 Å². The first-order valence-corrected chi connectivity index (χ1v) is 10.0. The monoisotopic (exact) mass is 418 g/mol. The molecule has 1 aliphatic heterocycles. The molecular formula is C20H23ClN6O2. The quantitative estimate of drug-likeness (QED) is 0.640. The van der Waals surface area contributed by atoms with E-state index in [1.165, 1.54) is 6.07 Å². The minimum Gasteiger partial charge on any atom is -0.466 e.